The highest BCUT2D eigenvalue weighted by Gasteiger charge is 2.17. The second-order valence-electron chi connectivity index (χ2n) is 4.59. The molecule has 94 valence electrons. The average Bonchev–Trinajstić information content (AvgIpc) is 2.81. The van der Waals surface area contributed by atoms with Crippen LogP contribution in [-0.4, -0.2) is 19.1 Å². The molecule has 1 aliphatic rings. The summed E-state index contributed by atoms with van der Waals surface area (Å²) in [6.07, 6.45) is 9.38. The van der Waals surface area contributed by atoms with E-state index in [0.29, 0.717) is 11.5 Å². The van der Waals surface area contributed by atoms with Crippen molar-refractivity contribution in [1.29, 1.82) is 0 Å². The standard InChI is InChI=1S/C12H15N5O/c1-16-10(13)9-11(15-12(16)18)14-7-17(9)8-5-3-2-4-6-8/h3,5,7-8H,2,4,6,13H2,1H3. The first-order valence-electron chi connectivity index (χ1n) is 6.04. The minimum Gasteiger partial charge on any atom is -0.383 e. The van der Waals surface area contributed by atoms with Crippen LogP contribution in [0.1, 0.15) is 25.3 Å². The van der Waals surface area contributed by atoms with Gasteiger partial charge in [-0.2, -0.15) is 4.98 Å². The molecule has 2 aromatic rings. The van der Waals surface area contributed by atoms with Crippen LogP contribution >= 0.6 is 0 Å². The van der Waals surface area contributed by atoms with Crippen molar-refractivity contribution >= 4 is 17.0 Å². The molecule has 2 aromatic heterocycles. The Balaban J connectivity index is 2.25. The van der Waals surface area contributed by atoms with Crippen LogP contribution < -0.4 is 11.4 Å². The molecule has 6 heteroatoms. The summed E-state index contributed by atoms with van der Waals surface area (Å²) in [6, 6.07) is 0.255. The molecule has 0 spiro atoms. The van der Waals surface area contributed by atoms with E-state index in [9.17, 15) is 4.79 Å². The van der Waals surface area contributed by atoms with Gasteiger partial charge in [-0.05, 0) is 19.3 Å². The van der Waals surface area contributed by atoms with Gasteiger partial charge in [0.05, 0.1) is 12.4 Å². The van der Waals surface area contributed by atoms with E-state index >= 15 is 0 Å². The van der Waals surface area contributed by atoms with Gasteiger partial charge in [-0.15, -0.1) is 0 Å². The monoisotopic (exact) mass is 245 g/mol. The van der Waals surface area contributed by atoms with Gasteiger partial charge in [0.15, 0.2) is 5.65 Å². The van der Waals surface area contributed by atoms with E-state index in [0.717, 1.165) is 24.8 Å². The van der Waals surface area contributed by atoms with E-state index in [1.807, 2.05) is 4.57 Å². The van der Waals surface area contributed by atoms with E-state index in [1.54, 1.807) is 13.4 Å². The van der Waals surface area contributed by atoms with Gasteiger partial charge in [0.25, 0.3) is 0 Å². The molecular formula is C12H15N5O. The SMILES string of the molecule is Cn1c(N)c2c(ncn2C2C=CCCC2)nc1=O. The third-order valence-corrected chi connectivity index (χ3v) is 3.45. The van der Waals surface area contributed by atoms with Crippen LogP contribution in [-0.2, 0) is 7.05 Å². The number of nitrogen functional groups attached to an aromatic ring is 1. The summed E-state index contributed by atoms with van der Waals surface area (Å²) in [6.45, 7) is 0. The van der Waals surface area contributed by atoms with Gasteiger partial charge in [-0.25, -0.2) is 9.78 Å². The molecule has 0 radical (unpaired) electrons. The maximum atomic E-state index is 11.5. The zero-order valence-electron chi connectivity index (χ0n) is 10.2. The Morgan fingerprint density at radius 1 is 1.50 bits per heavy atom. The predicted octanol–water partition coefficient (Wildman–Crippen LogP) is 0.993. The molecule has 6 nitrogen and oxygen atoms in total. The van der Waals surface area contributed by atoms with E-state index < -0.39 is 0 Å². The molecule has 0 saturated carbocycles. The normalized spacial score (nSPS) is 19.5. The number of aromatic nitrogens is 4. The summed E-state index contributed by atoms with van der Waals surface area (Å²) >= 11 is 0. The fraction of sp³-hybridized carbons (Fsp3) is 0.417. The molecule has 0 fully saturated rings. The molecule has 0 aliphatic heterocycles. The zero-order valence-corrected chi connectivity index (χ0v) is 10.2. The van der Waals surface area contributed by atoms with Crippen molar-refractivity contribution in [3.8, 4) is 0 Å². The van der Waals surface area contributed by atoms with Gasteiger partial charge in [0, 0.05) is 7.05 Å². The Hall–Kier alpha value is -2.11. The Bertz CT molecular complexity index is 682. The number of rotatable bonds is 1. The number of nitrogens with two attached hydrogens (primary N) is 1. The number of anilines is 1. The van der Waals surface area contributed by atoms with Crippen LogP contribution in [0.4, 0.5) is 5.82 Å². The third kappa shape index (κ3) is 1.53. The summed E-state index contributed by atoms with van der Waals surface area (Å²) < 4.78 is 3.36. The highest BCUT2D eigenvalue weighted by Crippen LogP contribution is 2.27. The van der Waals surface area contributed by atoms with Crippen molar-refractivity contribution < 1.29 is 0 Å². The fourth-order valence-electron chi connectivity index (χ4n) is 2.38. The lowest BCUT2D eigenvalue weighted by atomic mass is 10.0. The van der Waals surface area contributed by atoms with Crippen molar-refractivity contribution in [1.82, 2.24) is 19.1 Å². The number of fused-ring (bicyclic) bond motifs is 1. The Kier molecular flexibility index (Phi) is 2.43. The van der Waals surface area contributed by atoms with Crippen molar-refractivity contribution in [2.24, 2.45) is 7.05 Å². The number of imidazole rings is 1. The lowest BCUT2D eigenvalue weighted by molar-refractivity contribution is 0.528. The molecule has 18 heavy (non-hydrogen) atoms. The first kappa shape index (κ1) is 11.0. The van der Waals surface area contributed by atoms with Crippen molar-refractivity contribution in [2.75, 3.05) is 5.73 Å². The van der Waals surface area contributed by atoms with Crippen molar-refractivity contribution in [2.45, 2.75) is 25.3 Å². The van der Waals surface area contributed by atoms with Crippen LogP contribution in [0, 0.1) is 0 Å². The number of hydrogen-bond acceptors (Lipinski definition) is 4. The fourth-order valence-corrected chi connectivity index (χ4v) is 2.38. The second kappa shape index (κ2) is 3.97. The van der Waals surface area contributed by atoms with Crippen molar-refractivity contribution in [3.63, 3.8) is 0 Å². The van der Waals surface area contributed by atoms with Gasteiger partial charge in [-0.3, -0.25) is 4.57 Å². The number of allylic oxidation sites excluding steroid dienone is 2. The van der Waals surface area contributed by atoms with E-state index in [-0.39, 0.29) is 11.7 Å². The summed E-state index contributed by atoms with van der Waals surface area (Å²) in [5.74, 6) is 0.418. The average molecular weight is 245 g/mol. The van der Waals surface area contributed by atoms with Crippen LogP contribution in [0.3, 0.4) is 0 Å². The predicted molar refractivity (Wildman–Crippen MR) is 69.2 cm³/mol. The van der Waals surface area contributed by atoms with Gasteiger partial charge in [0.1, 0.15) is 11.3 Å². The van der Waals surface area contributed by atoms with Gasteiger partial charge >= 0.3 is 5.69 Å². The topological polar surface area (TPSA) is 78.7 Å². The molecular weight excluding hydrogens is 230 g/mol. The molecule has 0 amide bonds. The molecule has 2 N–H and O–H groups in total. The van der Waals surface area contributed by atoms with E-state index in [1.165, 1.54) is 4.57 Å². The zero-order chi connectivity index (χ0) is 12.7. The highest BCUT2D eigenvalue weighted by molar-refractivity contribution is 5.82. The lowest BCUT2D eigenvalue weighted by Gasteiger charge is -2.19. The summed E-state index contributed by atoms with van der Waals surface area (Å²) in [7, 11) is 1.62. The van der Waals surface area contributed by atoms with Crippen LogP contribution in [0.15, 0.2) is 23.3 Å². The van der Waals surface area contributed by atoms with E-state index in [4.69, 9.17) is 5.73 Å². The second-order valence-corrected chi connectivity index (χ2v) is 4.59. The Morgan fingerprint density at radius 3 is 3.06 bits per heavy atom. The first-order chi connectivity index (χ1) is 8.68. The maximum absolute atomic E-state index is 11.5. The van der Waals surface area contributed by atoms with Gasteiger partial charge < -0.3 is 10.3 Å². The van der Waals surface area contributed by atoms with Crippen molar-refractivity contribution in [3.05, 3.63) is 29.0 Å². The Labute approximate surface area is 104 Å². The minimum atomic E-state index is -0.371. The molecule has 1 atom stereocenters. The van der Waals surface area contributed by atoms with Gasteiger partial charge in [-0.1, -0.05) is 12.2 Å². The highest BCUT2D eigenvalue weighted by atomic mass is 16.1. The Morgan fingerprint density at radius 2 is 2.33 bits per heavy atom. The molecule has 1 aliphatic carbocycles. The van der Waals surface area contributed by atoms with Crippen LogP contribution in [0.2, 0.25) is 0 Å². The summed E-state index contributed by atoms with van der Waals surface area (Å²) in [5, 5.41) is 0. The maximum Gasteiger partial charge on any atom is 0.351 e. The molecule has 2 heterocycles. The van der Waals surface area contributed by atoms with Gasteiger partial charge in [0.2, 0.25) is 0 Å². The lowest BCUT2D eigenvalue weighted by Crippen LogP contribution is -2.23. The summed E-state index contributed by atoms with van der Waals surface area (Å²) in [5.41, 5.74) is 6.81. The molecule has 1 unspecified atom stereocenters. The van der Waals surface area contributed by atoms with E-state index in [2.05, 4.69) is 22.1 Å². The smallest absolute Gasteiger partial charge is 0.351 e. The summed E-state index contributed by atoms with van der Waals surface area (Å²) in [4.78, 5) is 19.7. The molecule has 0 bridgehead atoms. The first-order valence-corrected chi connectivity index (χ1v) is 6.04. The quantitative estimate of drug-likeness (QED) is 0.760. The van der Waals surface area contributed by atoms with Crippen LogP contribution in [0.25, 0.3) is 11.2 Å². The molecule has 0 aromatic carbocycles. The minimum absolute atomic E-state index is 0.255. The number of hydrogen-bond donors (Lipinski definition) is 1. The largest absolute Gasteiger partial charge is 0.383 e. The molecule has 0 saturated heterocycles. The van der Waals surface area contributed by atoms with Crippen LogP contribution in [0.5, 0.6) is 0 Å². The molecule has 3 rings (SSSR count). The number of nitrogens with zero attached hydrogens (tertiary/aromatic N) is 4. The third-order valence-electron chi connectivity index (χ3n) is 3.45.